The van der Waals surface area contributed by atoms with Crippen LogP contribution in [0, 0.1) is 11.8 Å². The van der Waals surface area contributed by atoms with Gasteiger partial charge in [-0.3, -0.25) is 0 Å². The van der Waals surface area contributed by atoms with Gasteiger partial charge in [0, 0.05) is 32.1 Å². The fraction of sp³-hybridized carbons (Fsp3) is 0.379. The van der Waals surface area contributed by atoms with Crippen LogP contribution in [0.4, 0.5) is 11.8 Å². The average Bonchev–Trinajstić information content (AvgIpc) is 2.94. The molecule has 2 N–H and O–H groups in total. The van der Waals surface area contributed by atoms with Crippen molar-refractivity contribution in [3.8, 4) is 0 Å². The first-order chi connectivity index (χ1) is 17.9. The van der Waals surface area contributed by atoms with Crippen molar-refractivity contribution in [2.45, 2.75) is 37.5 Å². The summed E-state index contributed by atoms with van der Waals surface area (Å²) < 4.78 is 28.6. The van der Waals surface area contributed by atoms with E-state index in [1.54, 1.807) is 12.1 Å². The Hall–Kier alpha value is -3.23. The zero-order valence-corrected chi connectivity index (χ0v) is 22.3. The van der Waals surface area contributed by atoms with Gasteiger partial charge in [-0.15, -0.1) is 0 Å². The minimum absolute atomic E-state index is 0.326. The highest BCUT2D eigenvalue weighted by atomic mass is 32.2. The Labute approximate surface area is 219 Å². The van der Waals surface area contributed by atoms with Crippen molar-refractivity contribution < 1.29 is 8.42 Å². The summed E-state index contributed by atoms with van der Waals surface area (Å²) in [6.07, 6.45) is 4.14. The number of fused-ring (bicyclic) bond motifs is 2. The van der Waals surface area contributed by atoms with E-state index in [1.807, 2.05) is 55.6 Å². The molecular weight excluding hydrogens is 482 g/mol. The number of benzene rings is 3. The molecule has 1 aliphatic carbocycles. The number of nitrogens with zero attached hydrogens (tertiary/aromatic N) is 3. The highest BCUT2D eigenvalue weighted by molar-refractivity contribution is 7.89. The minimum atomic E-state index is -3.53. The molecule has 5 rings (SSSR count). The third-order valence-electron chi connectivity index (χ3n) is 7.53. The Morgan fingerprint density at radius 3 is 2.30 bits per heavy atom. The maximum atomic E-state index is 12.9. The molecule has 4 aromatic rings. The summed E-state index contributed by atoms with van der Waals surface area (Å²) in [5.41, 5.74) is 0.942. The Morgan fingerprint density at radius 1 is 0.865 bits per heavy atom. The molecule has 1 heterocycles. The van der Waals surface area contributed by atoms with E-state index in [4.69, 9.17) is 9.97 Å². The van der Waals surface area contributed by atoms with Crippen LogP contribution in [0.15, 0.2) is 71.6 Å². The second-order valence-electron chi connectivity index (χ2n) is 10.0. The topological polar surface area (TPSA) is 87.2 Å². The average molecular weight is 518 g/mol. The first kappa shape index (κ1) is 25.4. The molecule has 0 saturated heterocycles. The number of aromatic nitrogens is 2. The molecule has 1 aromatic heterocycles. The van der Waals surface area contributed by atoms with Gasteiger partial charge in [-0.05, 0) is 79.5 Å². The van der Waals surface area contributed by atoms with Gasteiger partial charge in [-0.2, -0.15) is 4.98 Å². The third-order valence-corrected chi connectivity index (χ3v) is 8.95. The van der Waals surface area contributed by atoms with Crippen molar-refractivity contribution in [2.75, 3.05) is 36.9 Å². The predicted octanol–water partition coefficient (Wildman–Crippen LogP) is 5.44. The summed E-state index contributed by atoms with van der Waals surface area (Å²) in [4.78, 5) is 12.0. The van der Waals surface area contributed by atoms with Gasteiger partial charge in [-0.25, -0.2) is 18.1 Å². The number of para-hydroxylation sites is 1. The molecule has 0 atom stereocenters. The number of hydrogen-bond donors (Lipinski definition) is 2. The van der Waals surface area contributed by atoms with Gasteiger partial charge in [-0.1, -0.05) is 42.5 Å². The molecule has 0 aliphatic heterocycles. The summed E-state index contributed by atoms with van der Waals surface area (Å²) in [6.45, 7) is 4.29. The maximum absolute atomic E-state index is 12.9. The molecule has 8 heteroatoms. The van der Waals surface area contributed by atoms with E-state index in [0.29, 0.717) is 29.2 Å². The molecule has 7 nitrogen and oxygen atoms in total. The number of nitrogens with one attached hydrogen (secondary N) is 2. The lowest BCUT2D eigenvalue weighted by atomic mass is 9.82. The van der Waals surface area contributed by atoms with E-state index in [2.05, 4.69) is 27.9 Å². The Morgan fingerprint density at radius 2 is 1.54 bits per heavy atom. The van der Waals surface area contributed by atoms with Gasteiger partial charge in [0.1, 0.15) is 5.82 Å². The number of anilines is 2. The molecule has 37 heavy (non-hydrogen) atoms. The molecule has 1 fully saturated rings. The minimum Gasteiger partial charge on any atom is -0.359 e. The van der Waals surface area contributed by atoms with E-state index in [1.165, 1.54) is 0 Å². The van der Waals surface area contributed by atoms with Crippen molar-refractivity contribution in [3.63, 3.8) is 0 Å². The first-order valence-corrected chi connectivity index (χ1v) is 14.6. The number of rotatable bonds is 9. The summed E-state index contributed by atoms with van der Waals surface area (Å²) in [7, 11) is -1.48. The van der Waals surface area contributed by atoms with Gasteiger partial charge in [0.25, 0.3) is 0 Å². The molecule has 1 saturated carbocycles. The van der Waals surface area contributed by atoms with E-state index in [0.717, 1.165) is 66.3 Å². The second kappa shape index (κ2) is 11.0. The summed E-state index contributed by atoms with van der Waals surface area (Å²) in [6, 6.07) is 21.2. The Kier molecular flexibility index (Phi) is 7.58. The number of hydrogen-bond acceptors (Lipinski definition) is 6. The van der Waals surface area contributed by atoms with Crippen LogP contribution in [0.3, 0.4) is 0 Å². The fourth-order valence-electron chi connectivity index (χ4n) is 5.10. The molecule has 0 spiro atoms. The van der Waals surface area contributed by atoms with Crippen molar-refractivity contribution in [3.05, 3.63) is 66.7 Å². The third kappa shape index (κ3) is 5.86. The van der Waals surface area contributed by atoms with Crippen LogP contribution in [0.25, 0.3) is 21.7 Å². The van der Waals surface area contributed by atoms with Crippen molar-refractivity contribution in [1.29, 1.82) is 0 Å². The summed E-state index contributed by atoms with van der Waals surface area (Å²) >= 11 is 0. The Bertz CT molecular complexity index is 1480. The van der Waals surface area contributed by atoms with Gasteiger partial charge < -0.3 is 10.2 Å². The van der Waals surface area contributed by atoms with Gasteiger partial charge in [0.2, 0.25) is 16.0 Å². The molecule has 0 bridgehead atoms. The lowest BCUT2D eigenvalue weighted by Crippen LogP contribution is -2.32. The smallest absolute Gasteiger partial charge is 0.240 e. The Balaban J connectivity index is 1.14. The van der Waals surface area contributed by atoms with Crippen LogP contribution in [0.5, 0.6) is 0 Å². The van der Waals surface area contributed by atoms with E-state index in [-0.39, 0.29) is 0 Å². The van der Waals surface area contributed by atoms with Crippen molar-refractivity contribution in [1.82, 2.24) is 14.7 Å². The molecule has 0 amide bonds. The van der Waals surface area contributed by atoms with Gasteiger partial charge in [0.15, 0.2) is 0 Å². The van der Waals surface area contributed by atoms with Crippen molar-refractivity contribution in [2.24, 2.45) is 11.8 Å². The molecule has 1 aliphatic rings. The van der Waals surface area contributed by atoms with Crippen LogP contribution < -0.4 is 14.9 Å². The highest BCUT2D eigenvalue weighted by Crippen LogP contribution is 2.30. The predicted molar refractivity (Wildman–Crippen MR) is 152 cm³/mol. The largest absolute Gasteiger partial charge is 0.359 e. The van der Waals surface area contributed by atoms with Gasteiger partial charge >= 0.3 is 0 Å². The zero-order chi connectivity index (χ0) is 25.8. The SMILES string of the molecule is CCN(C)c1nc(NC[C@H]2CC[C@H](CNS(=O)(=O)c3ccc4ccccc4c3)CC2)nc2ccccc12. The monoisotopic (exact) mass is 517 g/mol. The van der Waals surface area contributed by atoms with Crippen LogP contribution in [0.2, 0.25) is 0 Å². The maximum Gasteiger partial charge on any atom is 0.240 e. The summed E-state index contributed by atoms with van der Waals surface area (Å²) in [5.74, 6) is 2.49. The van der Waals surface area contributed by atoms with E-state index < -0.39 is 10.0 Å². The number of sulfonamides is 1. The first-order valence-electron chi connectivity index (χ1n) is 13.1. The van der Waals surface area contributed by atoms with E-state index >= 15 is 0 Å². The highest BCUT2D eigenvalue weighted by Gasteiger charge is 2.24. The van der Waals surface area contributed by atoms with Crippen molar-refractivity contribution >= 4 is 43.5 Å². The van der Waals surface area contributed by atoms with Crippen LogP contribution in [-0.4, -0.2) is 45.1 Å². The van der Waals surface area contributed by atoms with Crippen LogP contribution in [-0.2, 0) is 10.0 Å². The lowest BCUT2D eigenvalue weighted by Gasteiger charge is -2.29. The molecule has 0 unspecified atom stereocenters. The normalized spacial score (nSPS) is 18.2. The summed E-state index contributed by atoms with van der Waals surface area (Å²) in [5, 5.41) is 6.50. The van der Waals surface area contributed by atoms with Crippen LogP contribution >= 0.6 is 0 Å². The van der Waals surface area contributed by atoms with E-state index in [9.17, 15) is 8.42 Å². The standard InChI is InChI=1S/C29H35N5O2S/c1-3-34(2)28-26-10-6-7-11-27(26)32-29(33-28)30-19-21-12-14-22(15-13-21)20-31-37(35,36)25-17-16-23-8-4-5-9-24(23)18-25/h4-11,16-18,21-22,31H,3,12-15,19-20H2,1-2H3,(H,30,32,33)/t21-,22-. The lowest BCUT2D eigenvalue weighted by molar-refractivity contribution is 0.284. The second-order valence-corrected chi connectivity index (χ2v) is 11.8. The quantitative estimate of drug-likeness (QED) is 0.308. The fourth-order valence-corrected chi connectivity index (χ4v) is 6.25. The van der Waals surface area contributed by atoms with Gasteiger partial charge in [0.05, 0.1) is 10.4 Å². The molecule has 0 radical (unpaired) electrons. The van der Waals surface area contributed by atoms with Crippen LogP contribution in [0.1, 0.15) is 32.6 Å². The molecule has 3 aromatic carbocycles. The molecular formula is C29H35N5O2S. The molecule has 194 valence electrons. The zero-order valence-electron chi connectivity index (χ0n) is 21.5.